The molecular weight excluding hydrogens is 375 g/mol. The molecule has 2 rings (SSSR count). The summed E-state index contributed by atoms with van der Waals surface area (Å²) in [5.74, 6) is 1.13. The number of carbonyl (C=O) groups is 1. The van der Waals surface area contributed by atoms with Crippen LogP contribution in [0.5, 0.6) is 11.5 Å². The molecule has 7 nitrogen and oxygen atoms in total. The molecule has 29 heavy (non-hydrogen) atoms. The molecule has 2 aromatic carbocycles. The zero-order valence-corrected chi connectivity index (χ0v) is 16.7. The molecule has 0 saturated heterocycles. The van der Waals surface area contributed by atoms with E-state index in [0.29, 0.717) is 49.1 Å². The van der Waals surface area contributed by atoms with E-state index in [1.54, 1.807) is 26.4 Å². The van der Waals surface area contributed by atoms with Gasteiger partial charge >= 0.3 is 0 Å². The molecule has 1 amide bonds. The number of carbonyl (C=O) groups excluding carboxylic acids is 1. The Morgan fingerprint density at radius 3 is 2.52 bits per heavy atom. The first kappa shape index (κ1) is 22.0. The highest BCUT2D eigenvalue weighted by molar-refractivity contribution is 5.79. The van der Waals surface area contributed by atoms with E-state index < -0.39 is 0 Å². The predicted octanol–water partition coefficient (Wildman–Crippen LogP) is 1.65. The van der Waals surface area contributed by atoms with Gasteiger partial charge in [0.15, 0.2) is 17.5 Å². The van der Waals surface area contributed by atoms with Gasteiger partial charge in [-0.2, -0.15) is 0 Å². The molecule has 0 saturated carbocycles. The average molecular weight is 402 g/mol. The summed E-state index contributed by atoms with van der Waals surface area (Å²) in [6.07, 6.45) is 0.833. The van der Waals surface area contributed by atoms with Crippen LogP contribution in [0.2, 0.25) is 0 Å². The summed E-state index contributed by atoms with van der Waals surface area (Å²) < 4.78 is 23.6. The minimum Gasteiger partial charge on any atom is -0.493 e. The minimum atomic E-state index is -0.353. The summed E-state index contributed by atoms with van der Waals surface area (Å²) in [6.45, 7) is 1.35. The van der Waals surface area contributed by atoms with Gasteiger partial charge in [0, 0.05) is 19.6 Å². The topological polar surface area (TPSA) is 98.0 Å². The van der Waals surface area contributed by atoms with Crippen molar-refractivity contribution in [3.63, 3.8) is 0 Å². The highest BCUT2D eigenvalue weighted by atomic mass is 19.1. The highest BCUT2D eigenvalue weighted by Gasteiger charge is 2.05. The number of halogens is 1. The lowest BCUT2D eigenvalue weighted by Crippen LogP contribution is -2.39. The normalized spacial score (nSPS) is 11.1. The molecule has 0 fully saturated rings. The minimum absolute atomic E-state index is 0.132. The van der Waals surface area contributed by atoms with E-state index in [1.165, 1.54) is 12.1 Å². The van der Waals surface area contributed by atoms with Crippen molar-refractivity contribution < 1.29 is 18.7 Å². The fourth-order valence-electron chi connectivity index (χ4n) is 2.68. The molecule has 0 aliphatic heterocycles. The summed E-state index contributed by atoms with van der Waals surface area (Å²) in [4.78, 5) is 16.1. The van der Waals surface area contributed by atoms with Crippen molar-refractivity contribution in [1.82, 2.24) is 10.6 Å². The Bertz CT molecular complexity index is 842. The third kappa shape index (κ3) is 7.69. The van der Waals surface area contributed by atoms with Gasteiger partial charge in [0.25, 0.3) is 0 Å². The van der Waals surface area contributed by atoms with Crippen LogP contribution in [-0.2, 0) is 17.6 Å². The fraction of sp³-hybridized carbons (Fsp3) is 0.333. The SMILES string of the molecule is COc1ccc(CCN=C(N)NCCNC(=O)Cc2cccc(F)c2)cc1OC. The van der Waals surface area contributed by atoms with Gasteiger partial charge in [-0.15, -0.1) is 0 Å². The number of amides is 1. The van der Waals surface area contributed by atoms with E-state index in [1.807, 2.05) is 18.2 Å². The monoisotopic (exact) mass is 402 g/mol. The molecule has 4 N–H and O–H groups in total. The molecule has 0 aromatic heterocycles. The number of nitrogens with one attached hydrogen (secondary N) is 2. The predicted molar refractivity (Wildman–Crippen MR) is 111 cm³/mol. The number of aliphatic imine (C=N–C) groups is 1. The molecule has 2 aromatic rings. The van der Waals surface area contributed by atoms with E-state index >= 15 is 0 Å². The van der Waals surface area contributed by atoms with Gasteiger partial charge in [0.2, 0.25) is 5.91 Å². The Balaban J connectivity index is 1.66. The summed E-state index contributed by atoms with van der Waals surface area (Å²) in [7, 11) is 3.19. The summed E-state index contributed by atoms with van der Waals surface area (Å²) in [6, 6.07) is 11.7. The highest BCUT2D eigenvalue weighted by Crippen LogP contribution is 2.27. The maximum Gasteiger partial charge on any atom is 0.224 e. The first-order valence-electron chi connectivity index (χ1n) is 9.27. The quantitative estimate of drug-likeness (QED) is 0.319. The van der Waals surface area contributed by atoms with Gasteiger partial charge in [-0.25, -0.2) is 4.39 Å². The molecule has 0 atom stereocenters. The molecule has 0 heterocycles. The van der Waals surface area contributed by atoms with E-state index in [0.717, 1.165) is 5.56 Å². The number of benzene rings is 2. The van der Waals surface area contributed by atoms with Crippen LogP contribution in [0.1, 0.15) is 11.1 Å². The van der Waals surface area contributed by atoms with Gasteiger partial charge in [0.1, 0.15) is 5.82 Å². The second kappa shape index (κ2) is 11.5. The Labute approximate surface area is 170 Å². The summed E-state index contributed by atoms with van der Waals surface area (Å²) >= 11 is 0. The van der Waals surface area contributed by atoms with E-state index in [4.69, 9.17) is 15.2 Å². The van der Waals surface area contributed by atoms with Gasteiger partial charge in [0.05, 0.1) is 20.6 Å². The van der Waals surface area contributed by atoms with Crippen LogP contribution in [0.4, 0.5) is 4.39 Å². The number of hydrogen-bond acceptors (Lipinski definition) is 4. The number of ether oxygens (including phenoxy) is 2. The summed E-state index contributed by atoms with van der Waals surface area (Å²) in [5, 5.41) is 5.70. The third-order valence-corrected chi connectivity index (χ3v) is 4.14. The van der Waals surface area contributed by atoms with Gasteiger partial charge in [-0.05, 0) is 41.8 Å². The zero-order valence-electron chi connectivity index (χ0n) is 16.7. The summed E-state index contributed by atoms with van der Waals surface area (Å²) in [5.41, 5.74) is 7.53. The van der Waals surface area contributed by atoms with Crippen molar-refractivity contribution >= 4 is 11.9 Å². The molecular formula is C21H27FN4O3. The number of guanidine groups is 1. The number of rotatable bonds is 10. The standard InChI is InChI=1S/C21H27FN4O3/c1-28-18-7-6-15(13-19(18)29-2)8-9-25-21(23)26-11-10-24-20(27)14-16-4-3-5-17(22)12-16/h3-7,12-13H,8-11,14H2,1-2H3,(H,24,27)(H3,23,25,26). The number of nitrogens with two attached hydrogens (primary N) is 1. The molecule has 156 valence electrons. The van der Waals surface area contributed by atoms with Crippen molar-refractivity contribution in [2.24, 2.45) is 10.7 Å². The average Bonchev–Trinajstić information content (AvgIpc) is 2.71. The van der Waals surface area contributed by atoms with Crippen molar-refractivity contribution in [2.75, 3.05) is 33.9 Å². The Kier molecular flexibility index (Phi) is 8.75. The number of hydrogen-bond donors (Lipinski definition) is 3. The smallest absolute Gasteiger partial charge is 0.224 e. The van der Waals surface area contributed by atoms with Crippen molar-refractivity contribution in [3.8, 4) is 11.5 Å². The molecule has 0 aliphatic carbocycles. The first-order chi connectivity index (χ1) is 14.0. The first-order valence-corrected chi connectivity index (χ1v) is 9.27. The Hall–Kier alpha value is -3.29. The zero-order chi connectivity index (χ0) is 21.1. The fourth-order valence-corrected chi connectivity index (χ4v) is 2.68. The van der Waals surface area contributed by atoms with Gasteiger partial charge in [-0.1, -0.05) is 18.2 Å². The lowest BCUT2D eigenvalue weighted by Gasteiger charge is -2.09. The van der Waals surface area contributed by atoms with Crippen molar-refractivity contribution in [3.05, 3.63) is 59.4 Å². The van der Waals surface area contributed by atoms with Gasteiger partial charge in [-0.3, -0.25) is 9.79 Å². The van der Waals surface area contributed by atoms with E-state index in [2.05, 4.69) is 15.6 Å². The Morgan fingerprint density at radius 1 is 1.03 bits per heavy atom. The van der Waals surface area contributed by atoms with Crippen LogP contribution >= 0.6 is 0 Å². The van der Waals surface area contributed by atoms with E-state index in [-0.39, 0.29) is 18.1 Å². The van der Waals surface area contributed by atoms with Crippen LogP contribution in [-0.4, -0.2) is 45.7 Å². The molecule has 0 aliphatic rings. The van der Waals surface area contributed by atoms with Crippen molar-refractivity contribution in [1.29, 1.82) is 0 Å². The lowest BCUT2D eigenvalue weighted by molar-refractivity contribution is -0.120. The van der Waals surface area contributed by atoms with E-state index in [9.17, 15) is 9.18 Å². The maximum absolute atomic E-state index is 13.1. The van der Waals surface area contributed by atoms with Crippen LogP contribution in [0.15, 0.2) is 47.5 Å². The second-order valence-electron chi connectivity index (χ2n) is 6.29. The molecule has 0 spiro atoms. The largest absolute Gasteiger partial charge is 0.493 e. The van der Waals surface area contributed by atoms with Crippen LogP contribution in [0.3, 0.4) is 0 Å². The number of methoxy groups -OCH3 is 2. The molecule has 8 heteroatoms. The van der Waals surface area contributed by atoms with Crippen LogP contribution < -0.4 is 25.8 Å². The van der Waals surface area contributed by atoms with Crippen molar-refractivity contribution in [2.45, 2.75) is 12.8 Å². The van der Waals surface area contributed by atoms with Gasteiger partial charge < -0.3 is 25.8 Å². The maximum atomic E-state index is 13.1. The Morgan fingerprint density at radius 2 is 1.79 bits per heavy atom. The molecule has 0 bridgehead atoms. The lowest BCUT2D eigenvalue weighted by atomic mass is 10.1. The van der Waals surface area contributed by atoms with Crippen LogP contribution in [0, 0.1) is 5.82 Å². The second-order valence-corrected chi connectivity index (χ2v) is 6.29. The van der Waals surface area contributed by atoms with Crippen LogP contribution in [0.25, 0.3) is 0 Å². The number of nitrogens with zero attached hydrogens (tertiary/aromatic N) is 1. The molecule has 0 unspecified atom stereocenters. The molecule has 0 radical (unpaired) electrons. The third-order valence-electron chi connectivity index (χ3n) is 4.14.